The van der Waals surface area contributed by atoms with Crippen molar-refractivity contribution in [2.24, 2.45) is 23.7 Å². The molecule has 13 nitrogen and oxygen atoms in total. The number of hydrogen-bond donors (Lipinski definition) is 0. The van der Waals surface area contributed by atoms with Crippen molar-refractivity contribution >= 4 is 46.6 Å². The summed E-state index contributed by atoms with van der Waals surface area (Å²) >= 11 is 0. The lowest BCUT2D eigenvalue weighted by Crippen LogP contribution is -2.12. The van der Waals surface area contributed by atoms with E-state index in [4.69, 9.17) is 37.9 Å². The highest BCUT2D eigenvalue weighted by atomic mass is 16.5. The van der Waals surface area contributed by atoms with Crippen LogP contribution in [0.5, 0.6) is 46.0 Å². The maximum atomic E-state index is 11.3. The molecule has 0 heterocycles. The summed E-state index contributed by atoms with van der Waals surface area (Å²) in [6, 6.07) is 25.8. The van der Waals surface area contributed by atoms with Gasteiger partial charge in [0, 0.05) is 50.6 Å². The molecule has 4 unspecified atom stereocenters. The van der Waals surface area contributed by atoms with Gasteiger partial charge >= 0.3 is 0 Å². The molecule has 4 aromatic rings. The van der Waals surface area contributed by atoms with Gasteiger partial charge in [0.15, 0.2) is 0 Å². The number of allylic oxidation sites excluding steroid dienone is 5. The molecule has 0 saturated carbocycles. The van der Waals surface area contributed by atoms with Gasteiger partial charge < -0.3 is 37.9 Å². The van der Waals surface area contributed by atoms with E-state index in [9.17, 15) is 26.3 Å². The Kier molecular flexibility index (Phi) is 32.1. The van der Waals surface area contributed by atoms with Crippen LogP contribution in [0.15, 0.2) is 61.2 Å². The first-order valence-electron chi connectivity index (χ1n) is 31.7. The van der Waals surface area contributed by atoms with Gasteiger partial charge in [-0.3, -0.25) is 0 Å². The van der Waals surface area contributed by atoms with Crippen LogP contribution in [-0.4, -0.2) is 54.9 Å². The molecular formula is C75H95N5O8. The first-order chi connectivity index (χ1) is 42.8. The minimum atomic E-state index is 0.205. The summed E-state index contributed by atoms with van der Waals surface area (Å²) in [6.45, 7) is 22.9. The number of ether oxygens (including phenoxy) is 8. The molecule has 0 fully saturated rings. The molecule has 0 radical (unpaired) electrons. The minimum absolute atomic E-state index is 0.205. The van der Waals surface area contributed by atoms with Crippen LogP contribution >= 0.6 is 0 Å². The van der Waals surface area contributed by atoms with Crippen LogP contribution < -0.4 is 37.9 Å². The third-order valence-corrected chi connectivity index (χ3v) is 16.3. The number of nitrogens with zero attached hydrogens (tertiary/aromatic N) is 5. The second kappa shape index (κ2) is 39.3. The van der Waals surface area contributed by atoms with Crippen molar-refractivity contribution in [1.82, 2.24) is 0 Å². The van der Waals surface area contributed by atoms with Crippen molar-refractivity contribution < 1.29 is 37.9 Å². The van der Waals surface area contributed by atoms with E-state index in [-0.39, 0.29) is 34.1 Å². The molecule has 0 bridgehead atoms. The molecule has 0 N–H and O–H groups in total. The molecule has 0 aliphatic heterocycles. The lowest BCUT2D eigenvalue weighted by Gasteiger charge is -2.21. The molecule has 468 valence electrons. The van der Waals surface area contributed by atoms with Gasteiger partial charge in [0.2, 0.25) is 0 Å². The average molecular weight is 1190 g/mol. The smallest absolute Gasteiger partial charge is 0.128 e. The van der Waals surface area contributed by atoms with E-state index < -0.39 is 0 Å². The minimum Gasteiger partial charge on any atom is -0.496 e. The second-order valence-electron chi connectivity index (χ2n) is 22.3. The lowest BCUT2D eigenvalue weighted by molar-refractivity contribution is 0.232. The van der Waals surface area contributed by atoms with Gasteiger partial charge in [-0.2, -0.15) is 26.3 Å². The van der Waals surface area contributed by atoms with Crippen LogP contribution in [0.25, 0.3) is 46.6 Å². The Morgan fingerprint density at radius 3 is 1.01 bits per heavy atom. The van der Waals surface area contributed by atoms with Crippen LogP contribution in [0.1, 0.15) is 203 Å². The predicted molar refractivity (Wildman–Crippen MR) is 357 cm³/mol. The maximum absolute atomic E-state index is 11.3. The fourth-order valence-corrected chi connectivity index (χ4v) is 10.4. The first-order valence-corrected chi connectivity index (χ1v) is 31.7. The highest BCUT2D eigenvalue weighted by Crippen LogP contribution is 2.43. The van der Waals surface area contributed by atoms with Gasteiger partial charge in [0.1, 0.15) is 46.0 Å². The highest BCUT2D eigenvalue weighted by molar-refractivity contribution is 5.99. The Bertz CT molecular complexity index is 3260. The summed E-state index contributed by atoms with van der Waals surface area (Å²) in [6.07, 6.45) is 24.3. The summed E-state index contributed by atoms with van der Waals surface area (Å²) in [5.41, 5.74) is 4.98. The quantitative estimate of drug-likeness (QED) is 0.0302. The van der Waals surface area contributed by atoms with Gasteiger partial charge in [0.25, 0.3) is 0 Å². The third kappa shape index (κ3) is 20.8. The van der Waals surface area contributed by atoms with Gasteiger partial charge in [-0.25, -0.2) is 0 Å². The molecule has 4 aromatic carbocycles. The molecule has 88 heavy (non-hydrogen) atoms. The van der Waals surface area contributed by atoms with Crippen molar-refractivity contribution in [3.05, 3.63) is 106 Å². The summed E-state index contributed by atoms with van der Waals surface area (Å²) in [5.74, 6) is 4.37. The molecule has 4 rings (SSSR count). The number of methoxy groups -OCH3 is 4. The molecule has 4 atom stereocenters. The topological polar surface area (TPSA) is 193 Å². The van der Waals surface area contributed by atoms with E-state index in [1.54, 1.807) is 74.9 Å². The zero-order valence-electron chi connectivity index (χ0n) is 54.7. The van der Waals surface area contributed by atoms with E-state index in [1.165, 1.54) is 20.3 Å². The monoisotopic (exact) mass is 1190 g/mol. The van der Waals surface area contributed by atoms with Crippen molar-refractivity contribution in [3.63, 3.8) is 0 Å². The van der Waals surface area contributed by atoms with Crippen LogP contribution in [0.3, 0.4) is 0 Å². The van der Waals surface area contributed by atoms with E-state index in [0.29, 0.717) is 129 Å². The number of unbranched alkanes of at least 4 members (excludes halogenated alkanes) is 4. The zero-order chi connectivity index (χ0) is 64.4. The van der Waals surface area contributed by atoms with E-state index in [1.807, 2.05) is 12.1 Å². The third-order valence-electron chi connectivity index (χ3n) is 16.3. The molecule has 13 heteroatoms. The fourth-order valence-electron chi connectivity index (χ4n) is 10.4. The lowest BCUT2D eigenvalue weighted by atomic mass is 9.94. The molecule has 0 amide bonds. The SMILES string of the molecule is C=C(C#N)c1cc(OC)c(/C(C#N)=C/c2cc(OC)c(/C=C(\C#N)c3cc(OC)c(/C(C#N)=C/c4cc(OC)c(/C=C/C#N)cc4OCC(CC)CCCC)cc3OCC(CC)CCCC)cc2OCC(CC)CCCC)cc1OCC(CC)CCCC. The Balaban J connectivity index is 2.07. The van der Waals surface area contributed by atoms with E-state index in [0.717, 1.165) is 103 Å². The predicted octanol–water partition coefficient (Wildman–Crippen LogP) is 19.4. The Labute approximate surface area is 527 Å². The Morgan fingerprint density at radius 1 is 0.386 bits per heavy atom. The second-order valence-corrected chi connectivity index (χ2v) is 22.3. The van der Waals surface area contributed by atoms with Crippen LogP contribution in [0, 0.1) is 80.3 Å². The number of hydrogen-bond acceptors (Lipinski definition) is 13. The van der Waals surface area contributed by atoms with Crippen molar-refractivity contribution in [3.8, 4) is 76.3 Å². The van der Waals surface area contributed by atoms with Gasteiger partial charge in [-0.15, -0.1) is 0 Å². The van der Waals surface area contributed by atoms with Gasteiger partial charge in [-0.1, -0.05) is 139 Å². The van der Waals surface area contributed by atoms with Gasteiger partial charge in [0.05, 0.1) is 108 Å². The van der Waals surface area contributed by atoms with Crippen molar-refractivity contribution in [2.75, 3.05) is 54.9 Å². The Hall–Kier alpha value is -8.57. The molecule has 0 aliphatic carbocycles. The molecular weight excluding hydrogens is 1100 g/mol. The standard InChI is InChI=1S/C75H95N5O8/c1-14-22-27-53(18-5)48-85-70-36-57(31-26-32-76)68(81-10)37-59(70)34-62(46-79)66-43-75(88-51-56(21-8)30-25-17-4)67(41-73(66)84-13)63(47-80)33-58-39-71(86-49-54(19-6)28-23-15-2)60(38-69(58)82-11)35-61(45-78)65-42-74(87-50-55(20-7)29-24-16-3)64(52(9)44-77)40-72(65)83-12/h26,31,33-43,53-56H,9,14-25,27-30,48-51H2,1-8,10-13H3/b31-26+,61-35+,62-34+,63-33+. The van der Waals surface area contributed by atoms with E-state index in [2.05, 4.69) is 92.3 Å². The summed E-state index contributed by atoms with van der Waals surface area (Å²) in [5, 5.41) is 53.0. The molecule has 0 spiro atoms. The highest BCUT2D eigenvalue weighted by Gasteiger charge is 2.24. The zero-order valence-corrected chi connectivity index (χ0v) is 54.7. The molecule has 0 saturated heterocycles. The first kappa shape index (κ1) is 71.9. The van der Waals surface area contributed by atoms with E-state index >= 15 is 0 Å². The molecule has 0 aliphatic rings. The van der Waals surface area contributed by atoms with Crippen molar-refractivity contribution in [2.45, 2.75) is 158 Å². The normalized spacial score (nSPS) is 13.0. The fraction of sp³-hybridized carbons (Fsp3) is 0.480. The van der Waals surface area contributed by atoms with Crippen LogP contribution in [0.2, 0.25) is 0 Å². The molecule has 0 aromatic heterocycles. The summed E-state index contributed by atoms with van der Waals surface area (Å²) in [7, 11) is 6.15. The maximum Gasteiger partial charge on any atom is 0.128 e. The number of rotatable bonds is 40. The Morgan fingerprint density at radius 2 is 0.682 bits per heavy atom. The largest absolute Gasteiger partial charge is 0.496 e. The summed E-state index contributed by atoms with van der Waals surface area (Å²) < 4.78 is 50.8. The summed E-state index contributed by atoms with van der Waals surface area (Å²) in [4.78, 5) is 0. The number of benzene rings is 4. The van der Waals surface area contributed by atoms with Crippen LogP contribution in [-0.2, 0) is 0 Å². The van der Waals surface area contributed by atoms with Gasteiger partial charge in [-0.05, 0) is 122 Å². The average Bonchev–Trinajstić information content (AvgIpc) is 3.75. The van der Waals surface area contributed by atoms with Crippen LogP contribution in [0.4, 0.5) is 0 Å². The van der Waals surface area contributed by atoms with Crippen molar-refractivity contribution in [1.29, 1.82) is 26.3 Å². The number of nitriles is 5.